The van der Waals surface area contributed by atoms with Gasteiger partial charge in [-0.2, -0.15) is 0 Å². The van der Waals surface area contributed by atoms with Gasteiger partial charge < -0.3 is 8.94 Å². The molecule has 7 heteroatoms. The van der Waals surface area contributed by atoms with Gasteiger partial charge in [0.15, 0.2) is 0 Å². The molecule has 2 aromatic heterocycles. The summed E-state index contributed by atoms with van der Waals surface area (Å²) in [5.41, 5.74) is 2.81. The lowest BCUT2D eigenvalue weighted by molar-refractivity contribution is 0.413. The van der Waals surface area contributed by atoms with Crippen molar-refractivity contribution >= 4 is 21.0 Å². The van der Waals surface area contributed by atoms with Crippen molar-refractivity contribution < 1.29 is 17.4 Å². The van der Waals surface area contributed by atoms with Gasteiger partial charge in [0.1, 0.15) is 29.1 Å². The first kappa shape index (κ1) is 15.8. The first-order valence-electron chi connectivity index (χ1n) is 7.25. The van der Waals surface area contributed by atoms with Crippen LogP contribution in [0.4, 0.5) is 0 Å². The number of nitrogens with one attached hydrogen (secondary N) is 1. The minimum absolute atomic E-state index is 0.223. The molecule has 3 rings (SSSR count). The van der Waals surface area contributed by atoms with Crippen molar-refractivity contribution in [2.75, 3.05) is 0 Å². The number of fused-ring (bicyclic) bond motifs is 1. The van der Waals surface area contributed by atoms with Gasteiger partial charge in [-0.1, -0.05) is 23.4 Å². The molecule has 0 saturated heterocycles. The number of rotatable bonds is 5. The van der Waals surface area contributed by atoms with Crippen LogP contribution >= 0.6 is 0 Å². The van der Waals surface area contributed by atoms with E-state index in [1.165, 1.54) is 6.26 Å². The van der Waals surface area contributed by atoms with E-state index in [1.807, 2.05) is 31.2 Å². The topological polar surface area (TPSA) is 85.3 Å². The first-order chi connectivity index (χ1) is 10.9. The largest absolute Gasteiger partial charge is 0.459 e. The summed E-state index contributed by atoms with van der Waals surface area (Å²) in [6.45, 7) is 5.44. The van der Waals surface area contributed by atoms with E-state index < -0.39 is 16.1 Å². The SMILES string of the molecule is Cc1conc1CS(=O)(=O)NC(C)c1oc2ccccc2c1C. The fraction of sp³-hybridized carbons (Fsp3) is 0.312. The molecule has 0 aliphatic rings. The summed E-state index contributed by atoms with van der Waals surface area (Å²) in [6.07, 6.45) is 1.43. The lowest BCUT2D eigenvalue weighted by atomic mass is 10.1. The number of hydrogen-bond acceptors (Lipinski definition) is 5. The van der Waals surface area contributed by atoms with Crippen molar-refractivity contribution in [3.8, 4) is 0 Å². The second kappa shape index (κ2) is 5.82. The van der Waals surface area contributed by atoms with Crippen LogP contribution in [0.2, 0.25) is 0 Å². The van der Waals surface area contributed by atoms with Crippen LogP contribution in [0.1, 0.15) is 35.5 Å². The Morgan fingerprint density at radius 2 is 2.00 bits per heavy atom. The molecule has 23 heavy (non-hydrogen) atoms. The van der Waals surface area contributed by atoms with E-state index in [1.54, 1.807) is 13.8 Å². The Balaban J connectivity index is 1.83. The third-order valence-electron chi connectivity index (χ3n) is 3.80. The zero-order chi connectivity index (χ0) is 16.6. The highest BCUT2D eigenvalue weighted by atomic mass is 32.2. The van der Waals surface area contributed by atoms with E-state index in [9.17, 15) is 8.42 Å². The van der Waals surface area contributed by atoms with Crippen molar-refractivity contribution in [1.82, 2.24) is 9.88 Å². The normalized spacial score (nSPS) is 13.5. The van der Waals surface area contributed by atoms with Gasteiger partial charge in [-0.05, 0) is 26.8 Å². The van der Waals surface area contributed by atoms with Gasteiger partial charge in [0.05, 0.1) is 6.04 Å². The van der Waals surface area contributed by atoms with E-state index in [0.717, 1.165) is 16.5 Å². The van der Waals surface area contributed by atoms with Crippen molar-refractivity contribution in [1.29, 1.82) is 0 Å². The Morgan fingerprint density at radius 3 is 2.65 bits per heavy atom. The molecule has 0 radical (unpaired) electrons. The van der Waals surface area contributed by atoms with Crippen LogP contribution in [0.5, 0.6) is 0 Å². The zero-order valence-corrected chi connectivity index (χ0v) is 14.0. The highest BCUT2D eigenvalue weighted by molar-refractivity contribution is 7.88. The number of para-hydroxylation sites is 1. The van der Waals surface area contributed by atoms with E-state index in [0.29, 0.717) is 17.0 Å². The molecule has 2 heterocycles. The average Bonchev–Trinajstić information content (AvgIpc) is 3.03. The number of nitrogens with zero attached hydrogens (tertiary/aromatic N) is 1. The van der Waals surface area contributed by atoms with Crippen molar-refractivity contribution in [2.24, 2.45) is 0 Å². The Labute approximate surface area is 134 Å². The first-order valence-corrected chi connectivity index (χ1v) is 8.90. The molecule has 0 aliphatic carbocycles. The highest BCUT2D eigenvalue weighted by Crippen LogP contribution is 2.29. The summed E-state index contributed by atoms with van der Waals surface area (Å²) in [7, 11) is -3.56. The number of aromatic nitrogens is 1. The molecule has 0 saturated carbocycles. The lowest BCUT2D eigenvalue weighted by Gasteiger charge is -2.12. The van der Waals surface area contributed by atoms with Crippen molar-refractivity contribution in [3.05, 3.63) is 53.1 Å². The summed E-state index contributed by atoms with van der Waals surface area (Å²) in [5.74, 6) is 0.394. The van der Waals surface area contributed by atoms with E-state index in [4.69, 9.17) is 8.94 Å². The molecule has 6 nitrogen and oxygen atoms in total. The predicted molar refractivity (Wildman–Crippen MR) is 86.4 cm³/mol. The second-order valence-electron chi connectivity index (χ2n) is 5.63. The zero-order valence-electron chi connectivity index (χ0n) is 13.2. The number of benzene rings is 1. The number of hydrogen-bond donors (Lipinski definition) is 1. The Hall–Kier alpha value is -2.12. The number of aryl methyl sites for hydroxylation is 2. The highest BCUT2D eigenvalue weighted by Gasteiger charge is 2.23. The van der Waals surface area contributed by atoms with Crippen LogP contribution in [-0.4, -0.2) is 13.6 Å². The molecular formula is C16H18N2O4S. The standard InChI is InChI=1S/C16H18N2O4S/c1-10-8-21-17-14(10)9-23(19,20)18-12(3)16-11(2)13-6-4-5-7-15(13)22-16/h4-8,12,18H,9H2,1-3H3. The average molecular weight is 334 g/mol. The fourth-order valence-electron chi connectivity index (χ4n) is 2.60. The van der Waals surface area contributed by atoms with Gasteiger partial charge in [0.25, 0.3) is 0 Å². The molecule has 0 bridgehead atoms. The molecule has 1 unspecified atom stereocenters. The maximum Gasteiger partial charge on any atom is 0.218 e. The molecule has 122 valence electrons. The molecule has 3 aromatic rings. The molecule has 1 aromatic carbocycles. The maximum absolute atomic E-state index is 12.3. The predicted octanol–water partition coefficient (Wildman–Crippen LogP) is 3.22. The lowest BCUT2D eigenvalue weighted by Crippen LogP contribution is -2.28. The Morgan fingerprint density at radius 1 is 1.26 bits per heavy atom. The van der Waals surface area contributed by atoms with Gasteiger partial charge >= 0.3 is 0 Å². The Kier molecular flexibility index (Phi) is 3.99. The Bertz CT molecular complexity index is 940. The minimum Gasteiger partial charge on any atom is -0.459 e. The second-order valence-corrected chi connectivity index (χ2v) is 7.38. The van der Waals surface area contributed by atoms with Gasteiger partial charge in [0, 0.05) is 16.5 Å². The smallest absolute Gasteiger partial charge is 0.218 e. The third kappa shape index (κ3) is 3.16. The maximum atomic E-state index is 12.3. The van der Waals surface area contributed by atoms with Crippen molar-refractivity contribution in [2.45, 2.75) is 32.6 Å². The van der Waals surface area contributed by atoms with Gasteiger partial charge in [-0.15, -0.1) is 0 Å². The summed E-state index contributed by atoms with van der Waals surface area (Å²) in [5, 5.41) is 4.70. The van der Waals surface area contributed by atoms with Crippen LogP contribution in [0, 0.1) is 13.8 Å². The monoisotopic (exact) mass is 334 g/mol. The van der Waals surface area contributed by atoms with Crippen LogP contribution < -0.4 is 4.72 Å². The molecule has 1 N–H and O–H groups in total. The van der Waals surface area contributed by atoms with Crippen LogP contribution in [-0.2, 0) is 15.8 Å². The third-order valence-corrected chi connectivity index (χ3v) is 5.17. The van der Waals surface area contributed by atoms with Gasteiger partial charge in [0.2, 0.25) is 10.0 Å². The van der Waals surface area contributed by atoms with Crippen LogP contribution in [0.3, 0.4) is 0 Å². The number of furan rings is 1. The summed E-state index contributed by atoms with van der Waals surface area (Å²) in [4.78, 5) is 0. The molecule has 0 spiro atoms. The molecule has 0 aliphatic heterocycles. The van der Waals surface area contributed by atoms with E-state index in [-0.39, 0.29) is 5.75 Å². The molecular weight excluding hydrogens is 316 g/mol. The van der Waals surface area contributed by atoms with Gasteiger partial charge in [-0.25, -0.2) is 13.1 Å². The molecule has 1 atom stereocenters. The van der Waals surface area contributed by atoms with Crippen LogP contribution in [0.25, 0.3) is 11.0 Å². The van der Waals surface area contributed by atoms with Gasteiger partial charge in [-0.3, -0.25) is 0 Å². The number of sulfonamides is 1. The molecule has 0 fully saturated rings. The summed E-state index contributed by atoms with van der Waals surface area (Å²) >= 11 is 0. The fourth-order valence-corrected chi connectivity index (χ4v) is 3.97. The van der Waals surface area contributed by atoms with Crippen LogP contribution in [0.15, 0.2) is 39.5 Å². The van der Waals surface area contributed by atoms with Crippen molar-refractivity contribution in [3.63, 3.8) is 0 Å². The molecule has 0 amide bonds. The van der Waals surface area contributed by atoms with E-state index in [2.05, 4.69) is 9.88 Å². The quantitative estimate of drug-likeness (QED) is 0.774. The van der Waals surface area contributed by atoms with E-state index >= 15 is 0 Å². The minimum atomic E-state index is -3.56. The summed E-state index contributed by atoms with van der Waals surface area (Å²) < 4.78 is 37.9. The summed E-state index contributed by atoms with van der Waals surface area (Å²) in [6, 6.07) is 7.16.